The second-order valence-corrected chi connectivity index (χ2v) is 4.16. The monoisotopic (exact) mass is 278 g/mol. The van der Waals surface area contributed by atoms with Crippen molar-refractivity contribution in [3.63, 3.8) is 0 Å². The Kier molecular flexibility index (Phi) is 7.29. The first kappa shape index (κ1) is 16.4. The molecule has 0 saturated carbocycles. The summed E-state index contributed by atoms with van der Waals surface area (Å²) in [5, 5.41) is 17.4. The maximum atomic E-state index is 8.68. The highest BCUT2D eigenvalue weighted by molar-refractivity contribution is 5.64. The van der Waals surface area contributed by atoms with Crippen LogP contribution in [0.25, 0.3) is 11.1 Å². The van der Waals surface area contributed by atoms with E-state index in [0.717, 1.165) is 24.3 Å². The largest absolute Gasteiger partial charge is 0.382 e. The van der Waals surface area contributed by atoms with Crippen molar-refractivity contribution in [1.82, 2.24) is 0 Å². The summed E-state index contributed by atoms with van der Waals surface area (Å²) < 4.78 is 4.83. The second-order valence-electron chi connectivity index (χ2n) is 4.16. The Balaban J connectivity index is 0.000000383. The number of hydrogen-bond acceptors (Lipinski definition) is 3. The van der Waals surface area contributed by atoms with Crippen LogP contribution in [-0.2, 0) is 4.74 Å². The molecule has 21 heavy (non-hydrogen) atoms. The summed E-state index contributed by atoms with van der Waals surface area (Å²) in [5.41, 5.74) is 3.39. The van der Waals surface area contributed by atoms with Crippen LogP contribution >= 0.6 is 0 Å². The highest BCUT2D eigenvalue weighted by Crippen LogP contribution is 2.19. The lowest BCUT2D eigenvalue weighted by Crippen LogP contribution is -1.84. The second kappa shape index (κ2) is 9.31. The molecule has 0 aliphatic heterocycles. The minimum absolute atomic E-state index is 0.650. The molecule has 2 aromatic rings. The molecule has 3 heteroatoms. The highest BCUT2D eigenvalue weighted by Gasteiger charge is 1.98. The van der Waals surface area contributed by atoms with Gasteiger partial charge in [0, 0.05) is 13.2 Å². The Morgan fingerprint density at radius 1 is 0.714 bits per heavy atom. The van der Waals surface area contributed by atoms with E-state index < -0.39 is 0 Å². The molecule has 2 rings (SSSR count). The predicted octanol–water partition coefficient (Wildman–Crippen LogP) is 4.14. The van der Waals surface area contributed by atoms with Crippen LogP contribution in [0, 0.1) is 22.7 Å². The molecule has 0 unspecified atom stereocenters. The molecule has 0 fully saturated rings. The minimum atomic E-state index is 0.650. The van der Waals surface area contributed by atoms with Crippen molar-refractivity contribution in [3.8, 4) is 23.3 Å². The van der Waals surface area contributed by atoms with Crippen LogP contribution in [0.4, 0.5) is 0 Å². The molecule has 0 radical (unpaired) electrons. The first-order chi connectivity index (χ1) is 10.2. The lowest BCUT2D eigenvalue weighted by atomic mass is 10.0. The van der Waals surface area contributed by atoms with Gasteiger partial charge in [-0.2, -0.15) is 10.5 Å². The Morgan fingerprint density at radius 3 is 1.24 bits per heavy atom. The van der Waals surface area contributed by atoms with E-state index in [1.807, 2.05) is 38.1 Å². The first-order valence-corrected chi connectivity index (χ1v) is 6.83. The smallest absolute Gasteiger partial charge is 0.0991 e. The van der Waals surface area contributed by atoms with Gasteiger partial charge >= 0.3 is 0 Å². The molecule has 0 atom stereocenters. The van der Waals surface area contributed by atoms with Crippen molar-refractivity contribution in [2.24, 2.45) is 0 Å². The normalized spacial score (nSPS) is 8.95. The third-order valence-corrected chi connectivity index (χ3v) is 2.77. The van der Waals surface area contributed by atoms with E-state index in [0.29, 0.717) is 11.1 Å². The summed E-state index contributed by atoms with van der Waals surface area (Å²) in [6.45, 7) is 5.67. The van der Waals surface area contributed by atoms with Crippen LogP contribution in [0.2, 0.25) is 0 Å². The van der Waals surface area contributed by atoms with Crippen molar-refractivity contribution in [3.05, 3.63) is 59.7 Å². The summed E-state index contributed by atoms with van der Waals surface area (Å²) in [4.78, 5) is 0. The molecule has 0 saturated heterocycles. The van der Waals surface area contributed by atoms with Crippen LogP contribution in [0.5, 0.6) is 0 Å². The molecule has 0 aliphatic carbocycles. The van der Waals surface area contributed by atoms with E-state index in [2.05, 4.69) is 12.1 Å². The molecule has 0 heterocycles. The summed E-state index contributed by atoms with van der Waals surface area (Å²) >= 11 is 0. The summed E-state index contributed by atoms with van der Waals surface area (Å²) in [5.74, 6) is 0. The quantitative estimate of drug-likeness (QED) is 0.847. The van der Waals surface area contributed by atoms with Gasteiger partial charge in [0.05, 0.1) is 23.3 Å². The molecule has 3 nitrogen and oxygen atoms in total. The predicted molar refractivity (Wildman–Crippen MR) is 83.5 cm³/mol. The van der Waals surface area contributed by atoms with Crippen molar-refractivity contribution < 1.29 is 4.74 Å². The van der Waals surface area contributed by atoms with Crippen LogP contribution in [0.3, 0.4) is 0 Å². The van der Waals surface area contributed by atoms with E-state index in [1.165, 1.54) is 0 Å². The van der Waals surface area contributed by atoms with Crippen molar-refractivity contribution in [1.29, 1.82) is 10.5 Å². The zero-order valence-electron chi connectivity index (χ0n) is 12.3. The van der Waals surface area contributed by atoms with Gasteiger partial charge < -0.3 is 4.74 Å². The van der Waals surface area contributed by atoms with Crippen molar-refractivity contribution >= 4 is 0 Å². The van der Waals surface area contributed by atoms with Gasteiger partial charge in [-0.3, -0.25) is 0 Å². The fourth-order valence-corrected chi connectivity index (χ4v) is 1.68. The van der Waals surface area contributed by atoms with Crippen LogP contribution in [-0.4, -0.2) is 13.2 Å². The minimum Gasteiger partial charge on any atom is -0.382 e. The van der Waals surface area contributed by atoms with E-state index in [4.69, 9.17) is 15.3 Å². The summed E-state index contributed by atoms with van der Waals surface area (Å²) in [7, 11) is 0. The first-order valence-electron chi connectivity index (χ1n) is 6.83. The van der Waals surface area contributed by atoms with Crippen LogP contribution in [0.15, 0.2) is 48.5 Å². The lowest BCUT2D eigenvalue weighted by Gasteiger charge is -2.01. The zero-order valence-corrected chi connectivity index (χ0v) is 12.3. The number of nitrogens with zero attached hydrogens (tertiary/aromatic N) is 2. The van der Waals surface area contributed by atoms with Gasteiger partial charge in [-0.1, -0.05) is 24.3 Å². The average Bonchev–Trinajstić information content (AvgIpc) is 2.56. The maximum Gasteiger partial charge on any atom is 0.0991 e. The van der Waals surface area contributed by atoms with Gasteiger partial charge in [-0.05, 0) is 49.2 Å². The van der Waals surface area contributed by atoms with Gasteiger partial charge in [0.2, 0.25) is 0 Å². The molecule has 2 aromatic carbocycles. The SMILES string of the molecule is CCOCC.N#Cc1ccc(-c2ccc(C#N)cc2)cc1. The Hall–Kier alpha value is -2.62. The highest BCUT2D eigenvalue weighted by atomic mass is 16.5. The summed E-state index contributed by atoms with van der Waals surface area (Å²) in [6, 6.07) is 18.9. The number of nitriles is 2. The van der Waals surface area contributed by atoms with Crippen molar-refractivity contribution in [2.45, 2.75) is 13.8 Å². The number of rotatable bonds is 3. The zero-order chi connectivity index (χ0) is 15.5. The van der Waals surface area contributed by atoms with Crippen LogP contribution in [0.1, 0.15) is 25.0 Å². The van der Waals surface area contributed by atoms with Gasteiger partial charge in [-0.15, -0.1) is 0 Å². The average molecular weight is 278 g/mol. The van der Waals surface area contributed by atoms with Gasteiger partial charge in [-0.25, -0.2) is 0 Å². The molecule has 0 bridgehead atoms. The number of benzene rings is 2. The molecule has 0 aliphatic rings. The summed E-state index contributed by atoms with van der Waals surface area (Å²) in [6.07, 6.45) is 0. The Bertz CT molecular complexity index is 559. The molecular formula is C18H18N2O. The molecule has 0 spiro atoms. The van der Waals surface area contributed by atoms with Crippen LogP contribution < -0.4 is 0 Å². The fourth-order valence-electron chi connectivity index (χ4n) is 1.68. The Morgan fingerprint density at radius 2 is 1.05 bits per heavy atom. The molecule has 0 N–H and O–H groups in total. The standard InChI is InChI=1S/C14H8N2.C4H10O/c15-9-11-1-5-13(6-2-11)14-7-3-12(10-16)4-8-14;1-3-5-4-2/h1-8H;3-4H2,1-2H3. The Labute approximate surface area is 126 Å². The molecular weight excluding hydrogens is 260 g/mol. The van der Waals surface area contributed by atoms with E-state index in [1.54, 1.807) is 24.3 Å². The van der Waals surface area contributed by atoms with Gasteiger partial charge in [0.15, 0.2) is 0 Å². The number of ether oxygens (including phenoxy) is 1. The van der Waals surface area contributed by atoms with Crippen molar-refractivity contribution in [2.75, 3.05) is 13.2 Å². The maximum absolute atomic E-state index is 8.68. The fraction of sp³-hybridized carbons (Fsp3) is 0.222. The lowest BCUT2D eigenvalue weighted by molar-refractivity contribution is 0.162. The third-order valence-electron chi connectivity index (χ3n) is 2.77. The molecule has 106 valence electrons. The van der Waals surface area contributed by atoms with E-state index in [9.17, 15) is 0 Å². The van der Waals surface area contributed by atoms with E-state index in [-0.39, 0.29) is 0 Å². The van der Waals surface area contributed by atoms with E-state index >= 15 is 0 Å². The third kappa shape index (κ3) is 5.48. The molecule has 0 amide bonds. The van der Waals surface area contributed by atoms with Gasteiger partial charge in [0.25, 0.3) is 0 Å². The molecule has 0 aromatic heterocycles. The number of hydrogen-bond donors (Lipinski definition) is 0. The van der Waals surface area contributed by atoms with Gasteiger partial charge in [0.1, 0.15) is 0 Å². The topological polar surface area (TPSA) is 56.8 Å².